The molecule has 2 aromatic carbocycles. The van der Waals surface area contributed by atoms with E-state index in [0.29, 0.717) is 37.3 Å². The number of urea groups is 2. The van der Waals surface area contributed by atoms with Crippen LogP contribution in [-0.4, -0.2) is 48.6 Å². The van der Waals surface area contributed by atoms with E-state index in [9.17, 15) is 9.59 Å². The summed E-state index contributed by atoms with van der Waals surface area (Å²) in [4.78, 5) is 23.4. The SMILES string of the molecule is O=C(NCCCO)Nc1ccc(Cc2ccc(NC(=O)NCCCO)cc2)cc1. The lowest BCUT2D eigenvalue weighted by Crippen LogP contribution is -2.29. The third kappa shape index (κ3) is 8.63. The second kappa shape index (κ2) is 12.4. The number of carbonyl (C=O) groups excluding carboxylic acids is 2. The Labute approximate surface area is 170 Å². The summed E-state index contributed by atoms with van der Waals surface area (Å²) in [6, 6.07) is 14.6. The van der Waals surface area contributed by atoms with Gasteiger partial charge in [-0.05, 0) is 54.7 Å². The van der Waals surface area contributed by atoms with Crippen LogP contribution in [0.2, 0.25) is 0 Å². The van der Waals surface area contributed by atoms with Crippen molar-refractivity contribution in [2.75, 3.05) is 36.9 Å². The molecule has 29 heavy (non-hydrogen) atoms. The summed E-state index contributed by atoms with van der Waals surface area (Å²) < 4.78 is 0. The normalized spacial score (nSPS) is 10.3. The fraction of sp³-hybridized carbons (Fsp3) is 0.333. The Hall–Kier alpha value is -3.10. The Bertz CT molecular complexity index is 698. The van der Waals surface area contributed by atoms with Gasteiger partial charge in [0.15, 0.2) is 0 Å². The minimum absolute atomic E-state index is 0.0455. The van der Waals surface area contributed by atoms with Gasteiger partial charge in [0.2, 0.25) is 0 Å². The predicted molar refractivity (Wildman–Crippen MR) is 113 cm³/mol. The zero-order valence-electron chi connectivity index (χ0n) is 16.3. The number of rotatable bonds is 10. The van der Waals surface area contributed by atoms with Gasteiger partial charge in [-0.25, -0.2) is 9.59 Å². The topological polar surface area (TPSA) is 123 Å². The molecule has 0 aliphatic heterocycles. The lowest BCUT2D eigenvalue weighted by Gasteiger charge is -2.09. The monoisotopic (exact) mass is 400 g/mol. The summed E-state index contributed by atoms with van der Waals surface area (Å²) in [5, 5.41) is 28.2. The number of hydrogen-bond acceptors (Lipinski definition) is 4. The molecular formula is C21H28N4O4. The standard InChI is InChI=1S/C21H28N4O4/c26-13-1-11-22-20(28)24-18-7-3-16(4-8-18)15-17-5-9-19(10-6-17)25-21(29)23-12-2-14-27/h3-10,26-27H,1-2,11-15H2,(H2,22,24,28)(H2,23,25,29). The molecule has 8 heteroatoms. The van der Waals surface area contributed by atoms with E-state index < -0.39 is 0 Å². The van der Waals surface area contributed by atoms with Gasteiger partial charge in [0.25, 0.3) is 0 Å². The van der Waals surface area contributed by atoms with Crippen molar-refractivity contribution in [2.45, 2.75) is 19.3 Å². The van der Waals surface area contributed by atoms with Crippen molar-refractivity contribution in [1.29, 1.82) is 0 Å². The van der Waals surface area contributed by atoms with Crippen molar-refractivity contribution in [3.8, 4) is 0 Å². The molecule has 0 aromatic heterocycles. The highest BCUT2D eigenvalue weighted by molar-refractivity contribution is 5.89. The minimum atomic E-state index is -0.297. The third-order valence-corrected chi connectivity index (χ3v) is 4.07. The van der Waals surface area contributed by atoms with E-state index in [1.165, 1.54) is 0 Å². The van der Waals surface area contributed by atoms with E-state index in [-0.39, 0.29) is 25.3 Å². The first-order chi connectivity index (χ1) is 14.1. The minimum Gasteiger partial charge on any atom is -0.396 e. The van der Waals surface area contributed by atoms with Gasteiger partial charge in [-0.3, -0.25) is 0 Å². The van der Waals surface area contributed by atoms with Crippen LogP contribution >= 0.6 is 0 Å². The first kappa shape index (κ1) is 22.2. The second-order valence-electron chi connectivity index (χ2n) is 6.49. The Morgan fingerprint density at radius 1 is 0.655 bits per heavy atom. The summed E-state index contributed by atoms with van der Waals surface area (Å²) >= 11 is 0. The van der Waals surface area contributed by atoms with Crippen molar-refractivity contribution in [1.82, 2.24) is 10.6 Å². The number of aliphatic hydroxyl groups is 2. The average Bonchev–Trinajstić information content (AvgIpc) is 2.71. The quantitative estimate of drug-likeness (QED) is 0.343. The number of anilines is 2. The van der Waals surface area contributed by atoms with E-state index in [1.807, 2.05) is 48.5 Å². The number of carbonyl (C=O) groups is 2. The van der Waals surface area contributed by atoms with E-state index in [4.69, 9.17) is 10.2 Å². The molecular weight excluding hydrogens is 372 g/mol. The average molecular weight is 400 g/mol. The molecule has 0 fully saturated rings. The summed E-state index contributed by atoms with van der Waals surface area (Å²) in [5.41, 5.74) is 3.58. The van der Waals surface area contributed by atoms with Crippen molar-refractivity contribution < 1.29 is 19.8 Å². The molecule has 0 aliphatic carbocycles. The molecule has 2 rings (SSSR count). The fourth-order valence-electron chi connectivity index (χ4n) is 2.56. The number of aliphatic hydroxyl groups excluding tert-OH is 2. The largest absolute Gasteiger partial charge is 0.396 e. The van der Waals surface area contributed by atoms with E-state index in [2.05, 4.69) is 21.3 Å². The van der Waals surface area contributed by atoms with Gasteiger partial charge in [0.1, 0.15) is 0 Å². The van der Waals surface area contributed by atoms with E-state index in [1.54, 1.807) is 0 Å². The first-order valence-electron chi connectivity index (χ1n) is 9.60. The maximum Gasteiger partial charge on any atom is 0.319 e. The summed E-state index contributed by atoms with van der Waals surface area (Å²) in [6.07, 6.45) is 1.77. The molecule has 0 bridgehead atoms. The smallest absolute Gasteiger partial charge is 0.319 e. The molecule has 156 valence electrons. The summed E-state index contributed by atoms with van der Waals surface area (Å²) in [5.74, 6) is 0. The maximum atomic E-state index is 11.7. The molecule has 0 spiro atoms. The molecule has 6 N–H and O–H groups in total. The molecule has 0 saturated carbocycles. The van der Waals surface area contributed by atoms with Crippen molar-refractivity contribution in [3.05, 3.63) is 59.7 Å². The van der Waals surface area contributed by atoms with Gasteiger partial charge in [0.05, 0.1) is 0 Å². The van der Waals surface area contributed by atoms with Crippen LogP contribution in [-0.2, 0) is 6.42 Å². The van der Waals surface area contributed by atoms with Crippen LogP contribution in [0.3, 0.4) is 0 Å². The van der Waals surface area contributed by atoms with Gasteiger partial charge in [-0.2, -0.15) is 0 Å². The molecule has 0 saturated heterocycles. The molecule has 0 aliphatic rings. The van der Waals surface area contributed by atoms with Crippen LogP contribution < -0.4 is 21.3 Å². The van der Waals surface area contributed by atoms with Crippen LogP contribution in [0, 0.1) is 0 Å². The van der Waals surface area contributed by atoms with Gasteiger partial charge in [0, 0.05) is 37.7 Å². The summed E-state index contributed by atoms with van der Waals surface area (Å²) in [7, 11) is 0. The maximum absolute atomic E-state index is 11.7. The summed E-state index contributed by atoms with van der Waals surface area (Å²) in [6.45, 7) is 0.943. The van der Waals surface area contributed by atoms with Gasteiger partial charge >= 0.3 is 12.1 Å². The first-order valence-corrected chi connectivity index (χ1v) is 9.60. The Morgan fingerprint density at radius 3 is 1.38 bits per heavy atom. The van der Waals surface area contributed by atoms with Gasteiger partial charge in [-0.15, -0.1) is 0 Å². The number of benzene rings is 2. The van der Waals surface area contributed by atoms with Crippen molar-refractivity contribution in [3.63, 3.8) is 0 Å². The van der Waals surface area contributed by atoms with Gasteiger partial charge in [-0.1, -0.05) is 24.3 Å². The van der Waals surface area contributed by atoms with Crippen LogP contribution in [0.5, 0.6) is 0 Å². The van der Waals surface area contributed by atoms with Crippen LogP contribution in [0.15, 0.2) is 48.5 Å². The molecule has 0 atom stereocenters. The zero-order chi connectivity index (χ0) is 20.9. The highest BCUT2D eigenvalue weighted by atomic mass is 16.3. The Kier molecular flexibility index (Phi) is 9.47. The Balaban J connectivity index is 1.80. The molecule has 0 unspecified atom stereocenters. The van der Waals surface area contributed by atoms with Crippen molar-refractivity contribution in [2.24, 2.45) is 0 Å². The highest BCUT2D eigenvalue weighted by Crippen LogP contribution is 2.16. The van der Waals surface area contributed by atoms with Crippen LogP contribution in [0.1, 0.15) is 24.0 Å². The Morgan fingerprint density at radius 2 is 1.03 bits per heavy atom. The molecule has 4 amide bonds. The molecule has 0 heterocycles. The molecule has 8 nitrogen and oxygen atoms in total. The van der Waals surface area contributed by atoms with Gasteiger partial charge < -0.3 is 31.5 Å². The lowest BCUT2D eigenvalue weighted by atomic mass is 10.0. The zero-order valence-corrected chi connectivity index (χ0v) is 16.3. The molecule has 2 aromatic rings. The lowest BCUT2D eigenvalue weighted by molar-refractivity contribution is 0.247. The number of nitrogens with one attached hydrogen (secondary N) is 4. The second-order valence-corrected chi connectivity index (χ2v) is 6.49. The third-order valence-electron chi connectivity index (χ3n) is 4.07. The number of hydrogen-bond donors (Lipinski definition) is 6. The predicted octanol–water partition coefficient (Wildman–Crippen LogP) is 2.29. The van der Waals surface area contributed by atoms with E-state index >= 15 is 0 Å². The molecule has 0 radical (unpaired) electrons. The van der Waals surface area contributed by atoms with Crippen molar-refractivity contribution >= 4 is 23.4 Å². The van der Waals surface area contributed by atoms with E-state index in [0.717, 1.165) is 17.5 Å². The van der Waals surface area contributed by atoms with Crippen LogP contribution in [0.4, 0.5) is 21.0 Å². The fourth-order valence-corrected chi connectivity index (χ4v) is 2.56. The number of amides is 4. The highest BCUT2D eigenvalue weighted by Gasteiger charge is 2.03. The van der Waals surface area contributed by atoms with Crippen LogP contribution in [0.25, 0.3) is 0 Å².